The van der Waals surface area contributed by atoms with Gasteiger partial charge in [0.25, 0.3) is 0 Å². The molecule has 150 valence electrons. The lowest BCUT2D eigenvalue weighted by atomic mass is 9.98. The maximum atomic E-state index is 11.8. The maximum Gasteiger partial charge on any atom is 0.306 e. The highest BCUT2D eigenvalue weighted by atomic mass is 16.5. The molecule has 1 aliphatic carbocycles. The zero-order valence-electron chi connectivity index (χ0n) is 17.1. The summed E-state index contributed by atoms with van der Waals surface area (Å²) in [5.41, 5.74) is 5.07. The van der Waals surface area contributed by atoms with Gasteiger partial charge in [-0.3, -0.25) is 4.79 Å². The van der Waals surface area contributed by atoms with E-state index in [0.717, 1.165) is 30.8 Å². The molecule has 0 unspecified atom stereocenters. The van der Waals surface area contributed by atoms with Gasteiger partial charge in [-0.05, 0) is 86.1 Å². The normalized spacial score (nSPS) is 15.2. The number of rotatable bonds is 9. The molecule has 0 radical (unpaired) electrons. The lowest BCUT2D eigenvalue weighted by Crippen LogP contribution is -2.08. The Kier molecular flexibility index (Phi) is 6.96. The summed E-state index contributed by atoms with van der Waals surface area (Å²) in [6.07, 6.45) is 3.29. The van der Waals surface area contributed by atoms with Crippen molar-refractivity contribution in [1.29, 1.82) is 0 Å². The largest absolute Gasteiger partial charge is 0.493 e. The summed E-state index contributed by atoms with van der Waals surface area (Å²) < 4.78 is 16.8. The Morgan fingerprint density at radius 2 is 1.71 bits per heavy atom. The Hall–Kier alpha value is -2.49. The summed E-state index contributed by atoms with van der Waals surface area (Å²) in [7, 11) is 0. The van der Waals surface area contributed by atoms with Crippen LogP contribution in [0.3, 0.4) is 0 Å². The van der Waals surface area contributed by atoms with Gasteiger partial charge in [0.2, 0.25) is 0 Å². The van der Waals surface area contributed by atoms with Crippen LogP contribution in [0.15, 0.2) is 36.4 Å². The van der Waals surface area contributed by atoms with Crippen molar-refractivity contribution in [3.8, 4) is 11.5 Å². The molecule has 1 aliphatic rings. The fraction of sp³-hybridized carbons (Fsp3) is 0.458. The van der Waals surface area contributed by atoms with E-state index in [0.29, 0.717) is 26.2 Å². The van der Waals surface area contributed by atoms with Crippen LogP contribution >= 0.6 is 0 Å². The van der Waals surface area contributed by atoms with Crippen LogP contribution in [0, 0.1) is 13.8 Å². The molecule has 28 heavy (non-hydrogen) atoms. The summed E-state index contributed by atoms with van der Waals surface area (Å²) >= 11 is 0. The summed E-state index contributed by atoms with van der Waals surface area (Å²) in [5, 5.41) is 0. The number of hydrogen-bond acceptors (Lipinski definition) is 4. The van der Waals surface area contributed by atoms with E-state index in [4.69, 9.17) is 14.2 Å². The molecule has 1 atom stereocenters. The Morgan fingerprint density at radius 3 is 2.43 bits per heavy atom. The van der Waals surface area contributed by atoms with Gasteiger partial charge in [0.1, 0.15) is 11.5 Å². The van der Waals surface area contributed by atoms with Crippen LogP contribution < -0.4 is 9.47 Å². The first-order valence-electron chi connectivity index (χ1n) is 10.2. The van der Waals surface area contributed by atoms with Gasteiger partial charge >= 0.3 is 5.97 Å². The highest BCUT2D eigenvalue weighted by Crippen LogP contribution is 2.37. The predicted octanol–water partition coefficient (Wildman–Crippen LogP) is 5.13. The molecule has 0 heterocycles. The Morgan fingerprint density at radius 1 is 1.00 bits per heavy atom. The minimum Gasteiger partial charge on any atom is -0.493 e. The van der Waals surface area contributed by atoms with Gasteiger partial charge in [0.05, 0.1) is 26.2 Å². The molecule has 0 spiro atoms. The quantitative estimate of drug-likeness (QED) is 0.445. The Labute approximate surface area is 167 Å². The SMILES string of the molecule is CCOC(=O)C[C@@H]1CCc2cc(OCCCOc3ccc(C)c(C)c3)ccc21. The summed E-state index contributed by atoms with van der Waals surface area (Å²) in [5.74, 6) is 1.97. The number of ether oxygens (including phenoxy) is 3. The van der Waals surface area contributed by atoms with Crippen LogP contribution in [0.4, 0.5) is 0 Å². The van der Waals surface area contributed by atoms with Crippen molar-refractivity contribution in [2.75, 3.05) is 19.8 Å². The molecule has 0 aromatic heterocycles. The van der Waals surface area contributed by atoms with Gasteiger partial charge in [-0.2, -0.15) is 0 Å². The Bertz CT molecular complexity index is 812. The first kappa shape index (κ1) is 20.2. The summed E-state index contributed by atoms with van der Waals surface area (Å²) in [6.45, 7) is 7.74. The number of carbonyl (C=O) groups is 1. The zero-order valence-corrected chi connectivity index (χ0v) is 17.1. The number of aryl methyl sites for hydroxylation is 3. The summed E-state index contributed by atoms with van der Waals surface area (Å²) in [4.78, 5) is 11.8. The molecule has 0 fully saturated rings. The van der Waals surface area contributed by atoms with E-state index in [1.165, 1.54) is 22.3 Å². The van der Waals surface area contributed by atoms with Gasteiger partial charge in [0, 0.05) is 6.42 Å². The van der Waals surface area contributed by atoms with E-state index in [1.54, 1.807) is 0 Å². The van der Waals surface area contributed by atoms with E-state index < -0.39 is 0 Å². The molecule has 4 nitrogen and oxygen atoms in total. The molecular formula is C24H30O4. The lowest BCUT2D eigenvalue weighted by Gasteiger charge is -2.12. The number of benzene rings is 2. The van der Waals surface area contributed by atoms with Gasteiger partial charge in [-0.25, -0.2) is 0 Å². The van der Waals surface area contributed by atoms with E-state index in [1.807, 2.05) is 19.1 Å². The minimum absolute atomic E-state index is 0.107. The number of fused-ring (bicyclic) bond motifs is 1. The van der Waals surface area contributed by atoms with Crippen LogP contribution in [-0.2, 0) is 16.0 Å². The fourth-order valence-electron chi connectivity index (χ4n) is 3.65. The third-order valence-corrected chi connectivity index (χ3v) is 5.34. The molecule has 0 bridgehead atoms. The standard InChI is InChI=1S/C24H30O4/c1-4-26-24(25)16-20-8-7-19-15-22(10-11-23(19)20)28-13-5-12-27-21-9-6-17(2)18(3)14-21/h6,9-11,14-15,20H,4-5,7-8,12-13,16H2,1-3H3/t20-/m0/s1. The minimum atomic E-state index is -0.107. The van der Waals surface area contributed by atoms with Crippen molar-refractivity contribution in [3.63, 3.8) is 0 Å². The highest BCUT2D eigenvalue weighted by molar-refractivity contribution is 5.71. The number of carbonyl (C=O) groups excluding carboxylic acids is 1. The smallest absolute Gasteiger partial charge is 0.306 e. The summed E-state index contributed by atoms with van der Waals surface area (Å²) in [6, 6.07) is 12.4. The van der Waals surface area contributed by atoms with Crippen molar-refractivity contribution in [2.24, 2.45) is 0 Å². The monoisotopic (exact) mass is 382 g/mol. The molecule has 0 aliphatic heterocycles. The molecule has 0 N–H and O–H groups in total. The highest BCUT2D eigenvalue weighted by Gasteiger charge is 2.25. The number of hydrogen-bond donors (Lipinski definition) is 0. The van der Waals surface area contributed by atoms with Crippen molar-refractivity contribution >= 4 is 5.97 Å². The lowest BCUT2D eigenvalue weighted by molar-refractivity contribution is -0.143. The first-order chi connectivity index (χ1) is 13.6. The van der Waals surface area contributed by atoms with Crippen LogP contribution in [0.5, 0.6) is 11.5 Å². The molecule has 2 aromatic carbocycles. The van der Waals surface area contributed by atoms with Crippen molar-refractivity contribution in [1.82, 2.24) is 0 Å². The molecule has 3 rings (SSSR count). The van der Waals surface area contributed by atoms with Crippen LogP contribution in [0.25, 0.3) is 0 Å². The van der Waals surface area contributed by atoms with Crippen LogP contribution in [0.2, 0.25) is 0 Å². The van der Waals surface area contributed by atoms with Crippen molar-refractivity contribution in [2.45, 2.75) is 52.4 Å². The second kappa shape index (κ2) is 9.63. The van der Waals surface area contributed by atoms with E-state index in [9.17, 15) is 4.79 Å². The van der Waals surface area contributed by atoms with Crippen LogP contribution in [0.1, 0.15) is 54.4 Å². The number of esters is 1. The Balaban J connectivity index is 1.43. The topological polar surface area (TPSA) is 44.8 Å². The van der Waals surface area contributed by atoms with Gasteiger partial charge in [0.15, 0.2) is 0 Å². The fourth-order valence-corrected chi connectivity index (χ4v) is 3.65. The van der Waals surface area contributed by atoms with Gasteiger partial charge < -0.3 is 14.2 Å². The molecule has 2 aromatic rings. The average Bonchev–Trinajstić information content (AvgIpc) is 3.06. The molecule has 0 amide bonds. The van der Waals surface area contributed by atoms with E-state index in [2.05, 4.69) is 38.1 Å². The molecule has 0 saturated heterocycles. The second-order valence-electron chi connectivity index (χ2n) is 7.40. The van der Waals surface area contributed by atoms with E-state index in [-0.39, 0.29) is 11.9 Å². The maximum absolute atomic E-state index is 11.8. The predicted molar refractivity (Wildman–Crippen MR) is 110 cm³/mol. The van der Waals surface area contributed by atoms with Gasteiger partial charge in [-0.15, -0.1) is 0 Å². The molecule has 4 heteroatoms. The molecular weight excluding hydrogens is 352 g/mol. The van der Waals surface area contributed by atoms with Crippen molar-refractivity contribution in [3.05, 3.63) is 58.7 Å². The second-order valence-corrected chi connectivity index (χ2v) is 7.40. The third kappa shape index (κ3) is 5.28. The third-order valence-electron chi connectivity index (χ3n) is 5.34. The van der Waals surface area contributed by atoms with Gasteiger partial charge in [-0.1, -0.05) is 12.1 Å². The van der Waals surface area contributed by atoms with Crippen molar-refractivity contribution < 1.29 is 19.0 Å². The first-order valence-corrected chi connectivity index (χ1v) is 10.2. The average molecular weight is 383 g/mol. The van der Waals surface area contributed by atoms with E-state index >= 15 is 0 Å². The zero-order chi connectivity index (χ0) is 19.9. The molecule has 0 saturated carbocycles. The van der Waals surface area contributed by atoms with Crippen LogP contribution in [-0.4, -0.2) is 25.8 Å².